The first-order valence-electron chi connectivity index (χ1n) is 6.67. The minimum Gasteiger partial charge on any atom is -0.472 e. The van der Waals surface area contributed by atoms with Crippen LogP contribution in [0.3, 0.4) is 0 Å². The Balaban J connectivity index is 1.89. The van der Waals surface area contributed by atoms with Crippen molar-refractivity contribution in [3.8, 4) is 22.3 Å². The number of furan rings is 1. The van der Waals surface area contributed by atoms with Crippen molar-refractivity contribution in [3.05, 3.63) is 66.1 Å². The Morgan fingerprint density at radius 3 is 2.77 bits per heavy atom. The zero-order valence-corrected chi connectivity index (χ0v) is 12.1. The zero-order valence-electron chi connectivity index (χ0n) is 11.3. The van der Waals surface area contributed by atoms with Gasteiger partial charge in [0.05, 0.1) is 17.5 Å². The van der Waals surface area contributed by atoms with Gasteiger partial charge in [-0.2, -0.15) is 0 Å². The number of hydrogen-bond donors (Lipinski definition) is 1. The normalized spacial score (nSPS) is 11.2. The Morgan fingerprint density at radius 2 is 2.00 bits per heavy atom. The maximum atomic E-state index is 13.3. The fourth-order valence-electron chi connectivity index (χ4n) is 2.49. The highest BCUT2D eigenvalue weighted by Crippen LogP contribution is 2.32. The molecular formula is C17H10ClFN2O. The van der Waals surface area contributed by atoms with Crippen molar-refractivity contribution < 1.29 is 8.81 Å². The molecule has 0 amide bonds. The second-order valence-corrected chi connectivity index (χ2v) is 5.37. The van der Waals surface area contributed by atoms with Crippen molar-refractivity contribution >= 4 is 22.6 Å². The van der Waals surface area contributed by atoms with Crippen molar-refractivity contribution in [1.82, 2.24) is 9.97 Å². The highest BCUT2D eigenvalue weighted by Gasteiger charge is 2.10. The number of nitrogens with zero attached hydrogens (tertiary/aromatic N) is 1. The number of pyridine rings is 1. The van der Waals surface area contributed by atoms with Gasteiger partial charge in [0.2, 0.25) is 0 Å². The van der Waals surface area contributed by atoms with E-state index in [2.05, 4.69) is 9.97 Å². The summed E-state index contributed by atoms with van der Waals surface area (Å²) in [6.07, 6.45) is 6.95. The molecule has 0 aliphatic heterocycles. The lowest BCUT2D eigenvalue weighted by Crippen LogP contribution is -1.84. The zero-order chi connectivity index (χ0) is 15.1. The van der Waals surface area contributed by atoms with Gasteiger partial charge in [-0.25, -0.2) is 9.37 Å². The van der Waals surface area contributed by atoms with E-state index in [1.165, 1.54) is 6.07 Å². The number of aromatic amines is 1. The van der Waals surface area contributed by atoms with E-state index in [1.54, 1.807) is 30.9 Å². The van der Waals surface area contributed by atoms with Crippen LogP contribution in [-0.4, -0.2) is 9.97 Å². The molecule has 1 N–H and O–H groups in total. The number of fused-ring (bicyclic) bond motifs is 1. The maximum absolute atomic E-state index is 13.3. The van der Waals surface area contributed by atoms with Crippen molar-refractivity contribution in [2.24, 2.45) is 0 Å². The standard InChI is InChI=1S/C17H10ClFN2O/c18-15-6-10(1-2-16(15)19)12-5-13-14(11-3-4-22-9-11)8-21-17(13)20-7-12/h1-9H,(H,20,21). The molecule has 0 bridgehead atoms. The molecule has 4 aromatic rings. The van der Waals surface area contributed by atoms with Gasteiger partial charge in [0, 0.05) is 34.5 Å². The van der Waals surface area contributed by atoms with Crippen LogP contribution in [0.2, 0.25) is 5.02 Å². The molecule has 3 aromatic heterocycles. The van der Waals surface area contributed by atoms with Crippen LogP contribution < -0.4 is 0 Å². The molecule has 0 aliphatic carbocycles. The van der Waals surface area contributed by atoms with Crippen LogP contribution in [0.5, 0.6) is 0 Å². The Hall–Kier alpha value is -2.59. The number of H-pyrrole nitrogens is 1. The molecule has 5 heteroatoms. The average molecular weight is 313 g/mol. The minimum atomic E-state index is -0.430. The molecule has 0 unspecified atom stereocenters. The monoisotopic (exact) mass is 312 g/mol. The molecule has 0 atom stereocenters. The van der Waals surface area contributed by atoms with Crippen LogP contribution in [0.1, 0.15) is 0 Å². The molecule has 3 nitrogen and oxygen atoms in total. The highest BCUT2D eigenvalue weighted by molar-refractivity contribution is 6.31. The van der Waals surface area contributed by atoms with Gasteiger partial charge in [0.15, 0.2) is 0 Å². The third kappa shape index (κ3) is 2.09. The molecular weight excluding hydrogens is 303 g/mol. The Morgan fingerprint density at radius 1 is 1.09 bits per heavy atom. The topological polar surface area (TPSA) is 41.8 Å². The third-order valence-corrected chi connectivity index (χ3v) is 3.91. The van der Waals surface area contributed by atoms with Crippen LogP contribution >= 0.6 is 11.6 Å². The number of hydrogen-bond acceptors (Lipinski definition) is 2. The van der Waals surface area contributed by atoms with Gasteiger partial charge in [-0.1, -0.05) is 17.7 Å². The summed E-state index contributed by atoms with van der Waals surface area (Å²) in [6.45, 7) is 0. The molecule has 1 aromatic carbocycles. The summed E-state index contributed by atoms with van der Waals surface area (Å²) in [4.78, 5) is 7.55. The van der Waals surface area contributed by atoms with E-state index >= 15 is 0 Å². The van der Waals surface area contributed by atoms with Gasteiger partial charge in [0.1, 0.15) is 11.5 Å². The van der Waals surface area contributed by atoms with E-state index in [0.29, 0.717) is 0 Å². The number of benzene rings is 1. The molecule has 0 radical (unpaired) electrons. The van der Waals surface area contributed by atoms with Crippen LogP contribution in [-0.2, 0) is 0 Å². The van der Waals surface area contributed by atoms with Crippen molar-refractivity contribution in [2.75, 3.05) is 0 Å². The molecule has 3 heterocycles. The van der Waals surface area contributed by atoms with Crippen LogP contribution in [0.15, 0.2) is 59.7 Å². The minimum absolute atomic E-state index is 0.0988. The lowest BCUT2D eigenvalue weighted by Gasteiger charge is -2.04. The van der Waals surface area contributed by atoms with Gasteiger partial charge < -0.3 is 9.40 Å². The summed E-state index contributed by atoms with van der Waals surface area (Å²) in [5.41, 5.74) is 4.46. The van der Waals surface area contributed by atoms with E-state index in [9.17, 15) is 4.39 Å². The van der Waals surface area contributed by atoms with Gasteiger partial charge in [0.25, 0.3) is 0 Å². The van der Waals surface area contributed by atoms with Crippen LogP contribution in [0, 0.1) is 5.82 Å². The van der Waals surface area contributed by atoms with Gasteiger partial charge in [-0.05, 0) is 29.8 Å². The summed E-state index contributed by atoms with van der Waals surface area (Å²) < 4.78 is 18.4. The molecule has 0 aliphatic rings. The second kappa shape index (κ2) is 5.00. The summed E-state index contributed by atoms with van der Waals surface area (Å²) in [6, 6.07) is 8.54. The van der Waals surface area contributed by atoms with E-state index in [-0.39, 0.29) is 5.02 Å². The predicted molar refractivity (Wildman–Crippen MR) is 84.2 cm³/mol. The molecule has 0 spiro atoms. The molecule has 22 heavy (non-hydrogen) atoms. The van der Waals surface area contributed by atoms with Crippen molar-refractivity contribution in [1.29, 1.82) is 0 Å². The third-order valence-electron chi connectivity index (χ3n) is 3.62. The van der Waals surface area contributed by atoms with Crippen molar-refractivity contribution in [2.45, 2.75) is 0 Å². The summed E-state index contributed by atoms with van der Waals surface area (Å²) in [5, 5.41) is 1.07. The van der Waals surface area contributed by atoms with E-state index in [0.717, 1.165) is 33.3 Å². The number of nitrogens with one attached hydrogen (secondary N) is 1. The molecule has 108 valence electrons. The number of aromatic nitrogens is 2. The highest BCUT2D eigenvalue weighted by atomic mass is 35.5. The Labute approximate surface area is 130 Å². The maximum Gasteiger partial charge on any atom is 0.141 e. The largest absolute Gasteiger partial charge is 0.472 e. The summed E-state index contributed by atoms with van der Waals surface area (Å²) >= 11 is 5.86. The van der Waals surface area contributed by atoms with Gasteiger partial charge in [-0.15, -0.1) is 0 Å². The fraction of sp³-hybridized carbons (Fsp3) is 0. The van der Waals surface area contributed by atoms with E-state index < -0.39 is 5.82 Å². The number of rotatable bonds is 2. The number of halogens is 2. The van der Waals surface area contributed by atoms with Gasteiger partial charge in [-0.3, -0.25) is 0 Å². The summed E-state index contributed by atoms with van der Waals surface area (Å²) in [7, 11) is 0. The SMILES string of the molecule is Fc1ccc(-c2cnc3[nH]cc(-c4ccoc4)c3c2)cc1Cl. The quantitative estimate of drug-likeness (QED) is 0.547. The molecule has 0 saturated carbocycles. The lowest BCUT2D eigenvalue weighted by molar-refractivity contribution is 0.568. The smallest absolute Gasteiger partial charge is 0.141 e. The second-order valence-electron chi connectivity index (χ2n) is 4.96. The first kappa shape index (κ1) is 13.1. The van der Waals surface area contributed by atoms with Crippen LogP contribution in [0.4, 0.5) is 4.39 Å². The predicted octanol–water partition coefficient (Wildman–Crippen LogP) is 5.28. The first-order chi connectivity index (χ1) is 10.7. The van der Waals surface area contributed by atoms with Crippen molar-refractivity contribution in [3.63, 3.8) is 0 Å². The Kier molecular flexibility index (Phi) is 2.98. The van der Waals surface area contributed by atoms with E-state index in [4.69, 9.17) is 16.0 Å². The average Bonchev–Trinajstić information content (AvgIpc) is 3.17. The summed E-state index contributed by atoms with van der Waals surface area (Å²) in [5.74, 6) is -0.430. The molecule has 4 rings (SSSR count). The lowest BCUT2D eigenvalue weighted by atomic mass is 10.0. The van der Waals surface area contributed by atoms with Crippen LogP contribution in [0.25, 0.3) is 33.3 Å². The first-order valence-corrected chi connectivity index (χ1v) is 7.05. The van der Waals surface area contributed by atoms with E-state index in [1.807, 2.05) is 18.3 Å². The molecule has 0 saturated heterocycles. The van der Waals surface area contributed by atoms with Gasteiger partial charge >= 0.3 is 0 Å². The fourth-order valence-corrected chi connectivity index (χ4v) is 2.67. The molecule has 0 fully saturated rings. The Bertz CT molecular complexity index is 960.